The Morgan fingerprint density at radius 3 is 2.36 bits per heavy atom. The van der Waals surface area contributed by atoms with Crippen LogP contribution in [0.3, 0.4) is 0 Å². The van der Waals surface area contributed by atoms with Gasteiger partial charge in [0.05, 0.1) is 6.26 Å². The summed E-state index contributed by atoms with van der Waals surface area (Å²) in [6, 6.07) is 14.0. The first-order valence-corrected chi connectivity index (χ1v) is 7.64. The van der Waals surface area contributed by atoms with Crippen molar-refractivity contribution >= 4 is 11.8 Å². The molecule has 1 saturated heterocycles. The highest BCUT2D eigenvalue weighted by molar-refractivity contribution is 6.01. The molecule has 1 atom stereocenters. The SMILES string of the molecule is O=C1CCC(=O)N1CC[C@@H](Cc1ccccc1)c1ccco1. The van der Waals surface area contributed by atoms with Gasteiger partial charge in [0.25, 0.3) is 0 Å². The van der Waals surface area contributed by atoms with Crippen LogP contribution in [0.5, 0.6) is 0 Å². The zero-order valence-electron chi connectivity index (χ0n) is 12.4. The van der Waals surface area contributed by atoms with E-state index in [2.05, 4.69) is 12.1 Å². The second kappa shape index (κ2) is 6.60. The van der Waals surface area contributed by atoms with Crippen LogP contribution in [0, 0.1) is 0 Å². The second-order valence-electron chi connectivity index (χ2n) is 5.63. The average molecular weight is 297 g/mol. The molecule has 1 aliphatic rings. The van der Waals surface area contributed by atoms with Gasteiger partial charge in [-0.15, -0.1) is 0 Å². The summed E-state index contributed by atoms with van der Waals surface area (Å²) in [5.41, 5.74) is 1.22. The van der Waals surface area contributed by atoms with Crippen LogP contribution in [0.1, 0.15) is 36.5 Å². The highest BCUT2D eigenvalue weighted by Crippen LogP contribution is 2.26. The summed E-state index contributed by atoms with van der Waals surface area (Å²) >= 11 is 0. The molecule has 1 aromatic carbocycles. The fourth-order valence-corrected chi connectivity index (χ4v) is 2.92. The Hall–Kier alpha value is -2.36. The van der Waals surface area contributed by atoms with Gasteiger partial charge in [-0.3, -0.25) is 14.5 Å². The van der Waals surface area contributed by atoms with Gasteiger partial charge in [-0.1, -0.05) is 30.3 Å². The van der Waals surface area contributed by atoms with Crippen LogP contribution in [-0.4, -0.2) is 23.3 Å². The number of amides is 2. The van der Waals surface area contributed by atoms with Crippen molar-refractivity contribution in [2.24, 2.45) is 0 Å². The molecule has 1 fully saturated rings. The van der Waals surface area contributed by atoms with Crippen molar-refractivity contribution in [1.82, 2.24) is 4.90 Å². The molecule has 22 heavy (non-hydrogen) atoms. The first kappa shape index (κ1) is 14.6. The Labute approximate surface area is 129 Å². The van der Waals surface area contributed by atoms with Crippen molar-refractivity contribution < 1.29 is 14.0 Å². The number of imide groups is 1. The maximum absolute atomic E-state index is 11.7. The lowest BCUT2D eigenvalue weighted by molar-refractivity contribution is -0.138. The zero-order chi connectivity index (χ0) is 15.4. The van der Waals surface area contributed by atoms with Gasteiger partial charge in [0.1, 0.15) is 5.76 Å². The standard InChI is InChI=1S/C18H19NO3/c20-17-8-9-18(21)19(17)11-10-15(16-7-4-12-22-16)13-14-5-2-1-3-6-14/h1-7,12,15H,8-11,13H2/t15-/m0/s1. The van der Waals surface area contributed by atoms with E-state index in [1.54, 1.807) is 6.26 Å². The van der Waals surface area contributed by atoms with Crippen LogP contribution in [-0.2, 0) is 16.0 Å². The normalized spacial score (nSPS) is 16.3. The minimum absolute atomic E-state index is 0.0529. The van der Waals surface area contributed by atoms with Crippen LogP contribution in [0.4, 0.5) is 0 Å². The van der Waals surface area contributed by atoms with Crippen molar-refractivity contribution in [2.75, 3.05) is 6.54 Å². The number of hydrogen-bond acceptors (Lipinski definition) is 3. The minimum atomic E-state index is -0.0529. The Morgan fingerprint density at radius 1 is 1.00 bits per heavy atom. The molecule has 2 amide bonds. The Balaban J connectivity index is 1.69. The molecule has 4 nitrogen and oxygen atoms in total. The number of likely N-dealkylation sites (tertiary alicyclic amines) is 1. The first-order chi connectivity index (χ1) is 10.7. The van der Waals surface area contributed by atoms with E-state index in [1.807, 2.05) is 30.3 Å². The molecule has 0 bridgehead atoms. The third-order valence-electron chi connectivity index (χ3n) is 4.13. The van der Waals surface area contributed by atoms with E-state index in [0.717, 1.165) is 18.6 Å². The molecular weight excluding hydrogens is 278 g/mol. The minimum Gasteiger partial charge on any atom is -0.469 e. The van der Waals surface area contributed by atoms with Crippen LogP contribution >= 0.6 is 0 Å². The van der Waals surface area contributed by atoms with Crippen LogP contribution in [0.25, 0.3) is 0 Å². The van der Waals surface area contributed by atoms with E-state index in [1.165, 1.54) is 10.5 Å². The first-order valence-electron chi connectivity index (χ1n) is 7.64. The Kier molecular flexibility index (Phi) is 4.37. The molecule has 0 N–H and O–H groups in total. The van der Waals surface area contributed by atoms with Crippen molar-refractivity contribution in [3.63, 3.8) is 0 Å². The van der Waals surface area contributed by atoms with E-state index in [4.69, 9.17) is 4.42 Å². The van der Waals surface area contributed by atoms with E-state index >= 15 is 0 Å². The topological polar surface area (TPSA) is 50.5 Å². The molecule has 2 aromatic rings. The fourth-order valence-electron chi connectivity index (χ4n) is 2.92. The molecule has 0 aliphatic carbocycles. The van der Waals surface area contributed by atoms with Crippen LogP contribution < -0.4 is 0 Å². The Bertz CT molecular complexity index is 618. The lowest BCUT2D eigenvalue weighted by Crippen LogP contribution is -2.31. The summed E-state index contributed by atoms with van der Waals surface area (Å²) in [5.74, 6) is 0.965. The number of nitrogens with zero attached hydrogens (tertiary/aromatic N) is 1. The molecule has 3 rings (SSSR count). The third-order valence-corrected chi connectivity index (χ3v) is 4.13. The van der Waals surface area contributed by atoms with Crippen LogP contribution in [0.2, 0.25) is 0 Å². The van der Waals surface area contributed by atoms with Gasteiger partial charge in [0, 0.05) is 25.3 Å². The monoisotopic (exact) mass is 297 g/mol. The molecule has 0 spiro atoms. The predicted octanol–water partition coefficient (Wildman–Crippen LogP) is 3.15. The molecule has 114 valence electrons. The second-order valence-corrected chi connectivity index (χ2v) is 5.63. The van der Waals surface area contributed by atoms with E-state index < -0.39 is 0 Å². The van der Waals surface area contributed by atoms with E-state index in [9.17, 15) is 9.59 Å². The lowest BCUT2D eigenvalue weighted by atomic mass is 9.93. The van der Waals surface area contributed by atoms with Gasteiger partial charge in [-0.2, -0.15) is 0 Å². The third kappa shape index (κ3) is 3.27. The molecular formula is C18H19NO3. The van der Waals surface area contributed by atoms with Crippen LogP contribution in [0.15, 0.2) is 53.1 Å². The molecule has 0 saturated carbocycles. The number of hydrogen-bond donors (Lipinski definition) is 0. The maximum Gasteiger partial charge on any atom is 0.229 e. The van der Waals surface area contributed by atoms with Gasteiger partial charge in [-0.25, -0.2) is 0 Å². The lowest BCUT2D eigenvalue weighted by Gasteiger charge is -2.19. The van der Waals surface area contributed by atoms with Gasteiger partial charge in [0.15, 0.2) is 0 Å². The number of benzene rings is 1. The quantitative estimate of drug-likeness (QED) is 0.770. The molecule has 4 heteroatoms. The van der Waals surface area contributed by atoms with Crippen molar-refractivity contribution in [3.8, 4) is 0 Å². The average Bonchev–Trinajstić information content (AvgIpc) is 3.16. The van der Waals surface area contributed by atoms with E-state index in [0.29, 0.717) is 19.4 Å². The number of carbonyl (C=O) groups is 2. The Morgan fingerprint density at radius 2 is 1.73 bits per heavy atom. The maximum atomic E-state index is 11.7. The molecule has 0 unspecified atom stereocenters. The summed E-state index contributed by atoms with van der Waals surface area (Å²) < 4.78 is 5.55. The fraction of sp³-hybridized carbons (Fsp3) is 0.333. The highest BCUT2D eigenvalue weighted by Gasteiger charge is 2.29. The van der Waals surface area contributed by atoms with Gasteiger partial charge in [-0.05, 0) is 30.5 Å². The molecule has 2 heterocycles. The smallest absolute Gasteiger partial charge is 0.229 e. The van der Waals surface area contributed by atoms with Gasteiger partial charge in [0.2, 0.25) is 11.8 Å². The van der Waals surface area contributed by atoms with Crippen molar-refractivity contribution in [2.45, 2.75) is 31.6 Å². The predicted molar refractivity (Wildman–Crippen MR) is 82.2 cm³/mol. The summed E-state index contributed by atoms with van der Waals surface area (Å²) in [6.07, 6.45) is 3.93. The molecule has 1 aliphatic heterocycles. The summed E-state index contributed by atoms with van der Waals surface area (Å²) in [5, 5.41) is 0. The van der Waals surface area contributed by atoms with Crippen molar-refractivity contribution in [3.05, 3.63) is 60.1 Å². The van der Waals surface area contributed by atoms with Gasteiger partial charge >= 0.3 is 0 Å². The summed E-state index contributed by atoms with van der Waals surface area (Å²) in [4.78, 5) is 24.8. The largest absolute Gasteiger partial charge is 0.469 e. The molecule has 0 radical (unpaired) electrons. The molecule has 1 aromatic heterocycles. The van der Waals surface area contributed by atoms with E-state index in [-0.39, 0.29) is 17.7 Å². The summed E-state index contributed by atoms with van der Waals surface area (Å²) in [7, 11) is 0. The van der Waals surface area contributed by atoms with Gasteiger partial charge < -0.3 is 4.42 Å². The number of furan rings is 1. The van der Waals surface area contributed by atoms with Crippen molar-refractivity contribution in [1.29, 1.82) is 0 Å². The number of carbonyl (C=O) groups excluding carboxylic acids is 2. The summed E-state index contributed by atoms with van der Waals surface area (Å²) in [6.45, 7) is 0.468. The number of rotatable bonds is 6. The zero-order valence-corrected chi connectivity index (χ0v) is 12.4. The highest BCUT2D eigenvalue weighted by atomic mass is 16.3.